The molecular weight excluding hydrogens is 838 g/mol. The standard InChI is InChI=1S/C46H71NO17/c1-27-16-14-12-10-8-6-4-5-7-9-11-13-15-17-33(63-45-43(57)41(47)42(56)29(3)62-45)24-38-40(44(58)59)37(54)26-46(60,64-38)25-32(50)22-36(53)34(51)19-18-30(48)21-31(49)23-39(55)61-28(2)20-35(27)52/h4-17,27-38,40-43,45,48-54,56-57,60H,18-26,47H2,1-3H3,(H,58,59)/b5-4+,8-6+,9-7+,12-10+,13-11+,16-14+,17-15+/t27-,28-,29+,30?,31?,32?,33?,34?,35-,36?,37-,38-,40+,41-,42+,43+,45?,46?/m0/s1. The molecule has 64 heavy (non-hydrogen) atoms. The molecule has 0 aromatic carbocycles. The monoisotopic (exact) mass is 909 g/mol. The first-order valence-corrected chi connectivity index (χ1v) is 21.9. The maximum atomic E-state index is 12.5. The van der Waals surface area contributed by atoms with Crippen molar-refractivity contribution >= 4 is 11.9 Å². The SMILES string of the molecule is C[C@H]1C[C@H](O)[C@@H](C)/C=C/C=C/C=C/C=C/C=C/C=C/C=C/C(OC2O[C@H](C)[C@@H](O)[C@H](N)[C@H]2O)C[C@@H]2OC(O)(CC(O)CC(O)C(O)CCC(O)CC(O)CC(=O)O1)C[C@H](O)[C@H]2C(=O)O. The van der Waals surface area contributed by atoms with Gasteiger partial charge in [0.05, 0.1) is 79.6 Å². The predicted molar refractivity (Wildman–Crippen MR) is 232 cm³/mol. The molecule has 0 aromatic rings. The van der Waals surface area contributed by atoms with Gasteiger partial charge in [-0.3, -0.25) is 9.59 Å². The van der Waals surface area contributed by atoms with E-state index in [0.29, 0.717) is 0 Å². The minimum Gasteiger partial charge on any atom is -0.481 e. The van der Waals surface area contributed by atoms with Crippen LogP contribution < -0.4 is 5.73 Å². The molecule has 0 spiro atoms. The van der Waals surface area contributed by atoms with Gasteiger partial charge >= 0.3 is 11.9 Å². The number of carbonyl (C=O) groups excluding carboxylic acids is 1. The van der Waals surface area contributed by atoms with Crippen LogP contribution in [0, 0.1) is 11.8 Å². The molecule has 3 aliphatic rings. The summed E-state index contributed by atoms with van der Waals surface area (Å²) in [7, 11) is 0. The Morgan fingerprint density at radius 2 is 1.25 bits per heavy atom. The molecule has 0 aromatic heterocycles. The summed E-state index contributed by atoms with van der Waals surface area (Å²) in [4.78, 5) is 24.9. The van der Waals surface area contributed by atoms with Gasteiger partial charge in [0.15, 0.2) is 12.1 Å². The highest BCUT2D eigenvalue weighted by Crippen LogP contribution is 2.38. The minimum atomic E-state index is -2.32. The zero-order valence-corrected chi connectivity index (χ0v) is 36.7. The number of carboxylic acid groups (broad SMARTS) is 1. The first-order valence-electron chi connectivity index (χ1n) is 21.9. The van der Waals surface area contributed by atoms with Crippen LogP contribution in [-0.2, 0) is 28.5 Å². The van der Waals surface area contributed by atoms with E-state index >= 15 is 0 Å². The lowest BCUT2D eigenvalue weighted by molar-refractivity contribution is -0.308. The van der Waals surface area contributed by atoms with Crippen molar-refractivity contribution < 1.29 is 84.7 Å². The van der Waals surface area contributed by atoms with Crippen molar-refractivity contribution in [2.75, 3.05) is 0 Å². The Hall–Kier alpha value is -3.44. The molecule has 2 bridgehead atoms. The van der Waals surface area contributed by atoms with Gasteiger partial charge in [0.2, 0.25) is 0 Å². The molecule has 2 fully saturated rings. The Morgan fingerprint density at radius 1 is 0.672 bits per heavy atom. The van der Waals surface area contributed by atoms with Crippen molar-refractivity contribution in [3.63, 3.8) is 0 Å². The molecule has 18 heteroatoms. The molecule has 13 N–H and O–H groups in total. The third kappa shape index (κ3) is 18.8. The van der Waals surface area contributed by atoms with Crippen molar-refractivity contribution in [3.8, 4) is 0 Å². The number of carboxylic acids is 1. The van der Waals surface area contributed by atoms with Gasteiger partial charge < -0.3 is 80.9 Å². The molecule has 0 radical (unpaired) electrons. The highest BCUT2D eigenvalue weighted by molar-refractivity contribution is 5.71. The normalized spacial score (nSPS) is 44.8. The number of esters is 1. The van der Waals surface area contributed by atoms with Crippen molar-refractivity contribution in [2.24, 2.45) is 17.6 Å². The third-order valence-electron chi connectivity index (χ3n) is 11.4. The Balaban J connectivity index is 1.85. The summed E-state index contributed by atoms with van der Waals surface area (Å²) in [5.41, 5.74) is 6.01. The molecule has 18 atom stereocenters. The number of ether oxygens (including phenoxy) is 4. The lowest BCUT2D eigenvalue weighted by atomic mass is 9.82. The zero-order valence-electron chi connectivity index (χ0n) is 36.7. The van der Waals surface area contributed by atoms with Crippen molar-refractivity contribution in [3.05, 3.63) is 85.1 Å². The average molecular weight is 910 g/mol. The Morgan fingerprint density at radius 3 is 1.84 bits per heavy atom. The molecule has 0 amide bonds. The first kappa shape index (κ1) is 54.9. The van der Waals surface area contributed by atoms with Gasteiger partial charge in [0.25, 0.3) is 0 Å². The Kier molecular flexibility index (Phi) is 23.4. The number of aliphatic hydroxyl groups excluding tert-OH is 9. The van der Waals surface area contributed by atoms with E-state index in [4.69, 9.17) is 24.7 Å². The second-order valence-corrected chi connectivity index (χ2v) is 17.1. The highest BCUT2D eigenvalue weighted by Gasteiger charge is 2.51. The molecule has 3 rings (SSSR count). The summed E-state index contributed by atoms with van der Waals surface area (Å²) in [6.45, 7) is 4.97. The van der Waals surface area contributed by atoms with Crippen LogP contribution in [0.3, 0.4) is 0 Å². The first-order chi connectivity index (χ1) is 30.2. The van der Waals surface area contributed by atoms with Gasteiger partial charge in [-0.05, 0) is 33.1 Å². The molecule has 3 heterocycles. The van der Waals surface area contributed by atoms with E-state index in [2.05, 4.69) is 0 Å². The van der Waals surface area contributed by atoms with E-state index in [0.717, 1.165) is 0 Å². The lowest BCUT2D eigenvalue weighted by Gasteiger charge is -2.45. The number of rotatable bonds is 3. The number of nitrogens with two attached hydrogens (primary N) is 1. The smallest absolute Gasteiger partial charge is 0.311 e. The maximum absolute atomic E-state index is 12.5. The van der Waals surface area contributed by atoms with E-state index in [9.17, 15) is 65.8 Å². The Labute approximate surface area is 374 Å². The number of fused-ring (bicyclic) bond motifs is 2. The van der Waals surface area contributed by atoms with Crippen LogP contribution in [0.4, 0.5) is 0 Å². The van der Waals surface area contributed by atoms with Crippen LogP contribution >= 0.6 is 0 Å². The third-order valence-corrected chi connectivity index (χ3v) is 11.4. The van der Waals surface area contributed by atoms with Gasteiger partial charge in [-0.25, -0.2) is 0 Å². The molecule has 8 unspecified atom stereocenters. The fourth-order valence-electron chi connectivity index (χ4n) is 7.74. The summed E-state index contributed by atoms with van der Waals surface area (Å²) in [6, 6.07) is -1.15. The van der Waals surface area contributed by atoms with Crippen molar-refractivity contribution in [2.45, 2.75) is 176 Å². The van der Waals surface area contributed by atoms with Gasteiger partial charge in [-0.15, -0.1) is 0 Å². The largest absolute Gasteiger partial charge is 0.481 e. The van der Waals surface area contributed by atoms with E-state index in [-0.39, 0.29) is 38.0 Å². The molecule has 18 nitrogen and oxygen atoms in total. The molecule has 3 aliphatic heterocycles. The van der Waals surface area contributed by atoms with Crippen LogP contribution in [0.2, 0.25) is 0 Å². The number of allylic oxidation sites excluding steroid dienone is 12. The quantitative estimate of drug-likeness (QED) is 0.171. The number of aliphatic hydroxyl groups is 10. The number of hydrogen-bond acceptors (Lipinski definition) is 17. The Bertz CT molecular complexity index is 1630. The number of hydrogen-bond donors (Lipinski definition) is 12. The van der Waals surface area contributed by atoms with E-state index in [1.165, 1.54) is 13.0 Å². The highest BCUT2D eigenvalue weighted by atomic mass is 16.7. The van der Waals surface area contributed by atoms with Crippen molar-refractivity contribution in [1.29, 1.82) is 0 Å². The summed E-state index contributed by atoms with van der Waals surface area (Å²) >= 11 is 0. The summed E-state index contributed by atoms with van der Waals surface area (Å²) in [6.07, 6.45) is 3.69. The van der Waals surface area contributed by atoms with E-state index in [1.807, 2.05) is 13.0 Å². The summed E-state index contributed by atoms with van der Waals surface area (Å²) < 4.78 is 23.0. The summed E-state index contributed by atoms with van der Waals surface area (Å²) in [5.74, 6) is -6.35. The minimum absolute atomic E-state index is 0.104. The van der Waals surface area contributed by atoms with Gasteiger partial charge in [0.1, 0.15) is 18.1 Å². The second kappa shape index (κ2) is 27.3. The molecule has 2 saturated heterocycles. The lowest BCUT2D eigenvalue weighted by Crippen LogP contribution is -2.61. The van der Waals surface area contributed by atoms with E-state index in [1.54, 1.807) is 79.8 Å². The number of carbonyl (C=O) groups is 2. The van der Waals surface area contributed by atoms with Crippen LogP contribution in [0.5, 0.6) is 0 Å². The summed E-state index contributed by atoms with van der Waals surface area (Å²) in [5, 5.41) is 118. The van der Waals surface area contributed by atoms with Crippen molar-refractivity contribution in [1.82, 2.24) is 0 Å². The van der Waals surface area contributed by atoms with E-state index < -0.39 is 141 Å². The second-order valence-electron chi connectivity index (χ2n) is 17.1. The van der Waals surface area contributed by atoms with Crippen LogP contribution in [-0.4, -0.2) is 166 Å². The van der Waals surface area contributed by atoms with Gasteiger partial charge in [-0.1, -0.05) is 92.0 Å². The topological polar surface area (TPSA) is 320 Å². The molecule has 362 valence electrons. The molecular formula is C46H71NO17. The molecule has 0 saturated carbocycles. The van der Waals surface area contributed by atoms with Crippen LogP contribution in [0.15, 0.2) is 85.1 Å². The van der Waals surface area contributed by atoms with Gasteiger partial charge in [0, 0.05) is 38.0 Å². The van der Waals surface area contributed by atoms with Gasteiger partial charge in [-0.2, -0.15) is 0 Å². The fraction of sp³-hybridized carbons (Fsp3) is 0.652. The zero-order chi connectivity index (χ0) is 47.6. The van der Waals surface area contributed by atoms with Crippen LogP contribution in [0.25, 0.3) is 0 Å². The predicted octanol–water partition coefficient (Wildman–Crippen LogP) is 0.466. The van der Waals surface area contributed by atoms with Crippen LogP contribution in [0.1, 0.15) is 78.6 Å². The maximum Gasteiger partial charge on any atom is 0.311 e. The number of aliphatic carboxylic acids is 1. The fourth-order valence-corrected chi connectivity index (χ4v) is 7.74. The number of cyclic esters (lactones) is 1. The average Bonchev–Trinajstić information content (AvgIpc) is 3.19. The molecule has 0 aliphatic carbocycles.